The highest BCUT2D eigenvalue weighted by Crippen LogP contribution is 2.29. The molecule has 0 aliphatic heterocycles. The fourth-order valence-electron chi connectivity index (χ4n) is 1.28. The molecule has 84 valence electrons. The van der Waals surface area contributed by atoms with Crippen molar-refractivity contribution < 1.29 is 19.7 Å². The van der Waals surface area contributed by atoms with Gasteiger partial charge in [-0.3, -0.25) is 0 Å². The standard InChI is InChI=1S/C10H12ClFO3/c11-5-4-8(14)10(15)9-6(12)2-1-3-7(9)13/h1-3,8,10,13-15H,4-5H2. The number of phenols is 1. The number of benzene rings is 1. The minimum atomic E-state index is -1.47. The Kier molecular flexibility index (Phi) is 4.32. The molecule has 1 aromatic rings. The molecule has 0 fully saturated rings. The van der Waals surface area contributed by atoms with Crippen LogP contribution in [0.15, 0.2) is 18.2 Å². The number of hydrogen-bond acceptors (Lipinski definition) is 3. The minimum Gasteiger partial charge on any atom is -0.507 e. The third kappa shape index (κ3) is 2.81. The molecule has 0 aliphatic carbocycles. The van der Waals surface area contributed by atoms with Crippen LogP contribution in [0.1, 0.15) is 18.1 Å². The van der Waals surface area contributed by atoms with E-state index < -0.39 is 18.0 Å². The molecule has 0 spiro atoms. The first-order chi connectivity index (χ1) is 7.07. The SMILES string of the molecule is Oc1cccc(F)c1C(O)C(O)CCCl. The van der Waals surface area contributed by atoms with Crippen LogP contribution in [0.4, 0.5) is 4.39 Å². The van der Waals surface area contributed by atoms with Gasteiger partial charge >= 0.3 is 0 Å². The molecular weight excluding hydrogens is 223 g/mol. The van der Waals surface area contributed by atoms with E-state index in [2.05, 4.69) is 0 Å². The molecule has 3 N–H and O–H groups in total. The second-order valence-corrected chi connectivity index (χ2v) is 3.54. The second-order valence-electron chi connectivity index (χ2n) is 3.16. The van der Waals surface area contributed by atoms with Crippen molar-refractivity contribution in [2.75, 3.05) is 5.88 Å². The van der Waals surface area contributed by atoms with Gasteiger partial charge in [0.1, 0.15) is 17.7 Å². The Labute approximate surface area is 91.7 Å². The van der Waals surface area contributed by atoms with Gasteiger partial charge in [0.25, 0.3) is 0 Å². The van der Waals surface area contributed by atoms with Gasteiger partial charge < -0.3 is 15.3 Å². The number of aliphatic hydroxyl groups is 2. The fraction of sp³-hybridized carbons (Fsp3) is 0.400. The van der Waals surface area contributed by atoms with E-state index in [1.54, 1.807) is 0 Å². The van der Waals surface area contributed by atoms with Crippen molar-refractivity contribution in [3.8, 4) is 5.75 Å². The summed E-state index contributed by atoms with van der Waals surface area (Å²) in [6.45, 7) is 0. The number of halogens is 2. The zero-order valence-corrected chi connectivity index (χ0v) is 8.65. The second kappa shape index (κ2) is 5.30. The molecule has 1 rings (SSSR count). The normalized spacial score (nSPS) is 14.9. The lowest BCUT2D eigenvalue weighted by Gasteiger charge is -2.18. The summed E-state index contributed by atoms with van der Waals surface area (Å²) < 4.78 is 13.2. The van der Waals surface area contributed by atoms with E-state index in [0.717, 1.165) is 6.07 Å². The van der Waals surface area contributed by atoms with Crippen molar-refractivity contribution in [1.29, 1.82) is 0 Å². The van der Waals surface area contributed by atoms with Crippen molar-refractivity contribution >= 4 is 11.6 Å². The van der Waals surface area contributed by atoms with E-state index in [9.17, 15) is 19.7 Å². The first-order valence-corrected chi connectivity index (χ1v) is 5.01. The van der Waals surface area contributed by atoms with Crippen molar-refractivity contribution in [2.24, 2.45) is 0 Å². The van der Waals surface area contributed by atoms with Gasteiger partial charge in [-0.05, 0) is 18.6 Å². The van der Waals surface area contributed by atoms with Gasteiger partial charge in [-0.25, -0.2) is 4.39 Å². The van der Waals surface area contributed by atoms with E-state index in [4.69, 9.17) is 11.6 Å². The average Bonchev–Trinajstić information content (AvgIpc) is 2.17. The lowest BCUT2D eigenvalue weighted by molar-refractivity contribution is 0.0135. The molecule has 1 aromatic carbocycles. The summed E-state index contributed by atoms with van der Waals surface area (Å²) in [7, 11) is 0. The first kappa shape index (κ1) is 12.2. The van der Waals surface area contributed by atoms with Crippen molar-refractivity contribution in [3.05, 3.63) is 29.6 Å². The van der Waals surface area contributed by atoms with Crippen LogP contribution in [0.3, 0.4) is 0 Å². The molecule has 0 saturated carbocycles. The molecule has 0 heterocycles. The topological polar surface area (TPSA) is 60.7 Å². The van der Waals surface area contributed by atoms with Crippen LogP contribution in [0.5, 0.6) is 5.75 Å². The van der Waals surface area contributed by atoms with E-state index in [1.165, 1.54) is 12.1 Å². The maximum Gasteiger partial charge on any atom is 0.132 e. The van der Waals surface area contributed by atoms with Gasteiger partial charge in [0.05, 0.1) is 11.7 Å². The molecule has 0 bridgehead atoms. The van der Waals surface area contributed by atoms with Gasteiger partial charge in [0, 0.05) is 5.88 Å². The summed E-state index contributed by atoms with van der Waals surface area (Å²) in [5, 5.41) is 28.3. The van der Waals surface area contributed by atoms with Crippen LogP contribution in [0, 0.1) is 5.82 Å². The number of alkyl halides is 1. The monoisotopic (exact) mass is 234 g/mol. The zero-order valence-electron chi connectivity index (χ0n) is 7.90. The van der Waals surface area contributed by atoms with Gasteiger partial charge in [-0.15, -0.1) is 11.6 Å². The summed E-state index contributed by atoms with van der Waals surface area (Å²) in [6.07, 6.45) is -2.54. The van der Waals surface area contributed by atoms with Gasteiger partial charge in [0.15, 0.2) is 0 Å². The Balaban J connectivity index is 2.94. The first-order valence-electron chi connectivity index (χ1n) is 4.47. The maximum atomic E-state index is 13.2. The predicted molar refractivity (Wildman–Crippen MR) is 54.4 cm³/mol. The number of rotatable bonds is 4. The molecule has 0 aromatic heterocycles. The van der Waals surface area contributed by atoms with Crippen molar-refractivity contribution in [2.45, 2.75) is 18.6 Å². The quantitative estimate of drug-likeness (QED) is 0.693. The van der Waals surface area contributed by atoms with Crippen LogP contribution < -0.4 is 0 Å². The van der Waals surface area contributed by atoms with Gasteiger partial charge in [-0.2, -0.15) is 0 Å². The van der Waals surface area contributed by atoms with Crippen LogP contribution in [-0.4, -0.2) is 27.3 Å². The molecule has 15 heavy (non-hydrogen) atoms. The largest absolute Gasteiger partial charge is 0.507 e. The Morgan fingerprint density at radius 3 is 2.53 bits per heavy atom. The van der Waals surface area contributed by atoms with Gasteiger partial charge in [0.2, 0.25) is 0 Å². The highest BCUT2D eigenvalue weighted by molar-refractivity contribution is 6.17. The average molecular weight is 235 g/mol. The lowest BCUT2D eigenvalue weighted by Crippen LogP contribution is -2.19. The molecule has 5 heteroatoms. The highest BCUT2D eigenvalue weighted by Gasteiger charge is 2.23. The summed E-state index contributed by atoms with van der Waals surface area (Å²) >= 11 is 5.38. The van der Waals surface area contributed by atoms with Crippen LogP contribution >= 0.6 is 11.6 Å². The number of phenolic OH excluding ortho intramolecular Hbond substituents is 1. The third-order valence-corrected chi connectivity index (χ3v) is 2.31. The predicted octanol–water partition coefficient (Wildman–Crippen LogP) is 1.55. The molecule has 0 aliphatic rings. The van der Waals surface area contributed by atoms with Gasteiger partial charge in [-0.1, -0.05) is 6.07 Å². The fourth-order valence-corrected chi connectivity index (χ4v) is 1.50. The van der Waals surface area contributed by atoms with Crippen molar-refractivity contribution in [1.82, 2.24) is 0 Å². The van der Waals surface area contributed by atoms with Crippen LogP contribution in [-0.2, 0) is 0 Å². The van der Waals surface area contributed by atoms with E-state index in [1.807, 2.05) is 0 Å². The molecule has 3 nitrogen and oxygen atoms in total. The Morgan fingerprint density at radius 1 is 1.33 bits per heavy atom. The lowest BCUT2D eigenvalue weighted by atomic mass is 10.0. The smallest absolute Gasteiger partial charge is 0.132 e. The van der Waals surface area contributed by atoms with E-state index in [-0.39, 0.29) is 23.6 Å². The van der Waals surface area contributed by atoms with Crippen LogP contribution in [0.2, 0.25) is 0 Å². The minimum absolute atomic E-state index is 0.122. The molecule has 0 amide bonds. The molecule has 2 atom stereocenters. The molecule has 0 saturated heterocycles. The Hall–Kier alpha value is -0.840. The zero-order chi connectivity index (χ0) is 11.4. The summed E-state index contributed by atoms with van der Waals surface area (Å²) in [5.41, 5.74) is -0.296. The van der Waals surface area contributed by atoms with E-state index in [0.29, 0.717) is 0 Å². The molecule has 2 unspecified atom stereocenters. The number of aromatic hydroxyl groups is 1. The van der Waals surface area contributed by atoms with Crippen LogP contribution in [0.25, 0.3) is 0 Å². The Morgan fingerprint density at radius 2 is 2.00 bits per heavy atom. The molecule has 0 radical (unpaired) electrons. The maximum absolute atomic E-state index is 13.2. The highest BCUT2D eigenvalue weighted by atomic mass is 35.5. The number of aliphatic hydroxyl groups excluding tert-OH is 2. The number of hydrogen-bond donors (Lipinski definition) is 3. The van der Waals surface area contributed by atoms with Crippen molar-refractivity contribution in [3.63, 3.8) is 0 Å². The Bertz CT molecular complexity index is 312. The third-order valence-electron chi connectivity index (χ3n) is 2.10. The van der Waals surface area contributed by atoms with E-state index >= 15 is 0 Å². The summed E-state index contributed by atoms with van der Waals surface area (Å²) in [6, 6.07) is 3.66. The summed E-state index contributed by atoms with van der Waals surface area (Å²) in [5.74, 6) is -0.986. The summed E-state index contributed by atoms with van der Waals surface area (Å²) in [4.78, 5) is 0. The molecular formula is C10H12ClFO3.